The number of hydrogen-bond donors (Lipinski definition) is 1. The van der Waals surface area contributed by atoms with Gasteiger partial charge in [0, 0.05) is 6.07 Å². The first kappa shape index (κ1) is 17.7. The molecule has 0 bridgehead atoms. The second-order valence-electron chi connectivity index (χ2n) is 5.03. The summed E-state index contributed by atoms with van der Waals surface area (Å²) in [5.74, 6) is 0.168. The van der Waals surface area contributed by atoms with Gasteiger partial charge in [-0.15, -0.1) is 0 Å². The van der Waals surface area contributed by atoms with Crippen molar-refractivity contribution in [2.75, 3.05) is 12.4 Å². The molecule has 0 aromatic heterocycles. The predicted molar refractivity (Wildman–Crippen MR) is 89.5 cm³/mol. The number of carbonyl (C=O) groups is 1. The highest BCUT2D eigenvalue weighted by Crippen LogP contribution is 2.29. The number of carbonyl (C=O) groups excluding carboxylic acids is 1. The van der Waals surface area contributed by atoms with E-state index in [1.165, 1.54) is 25.3 Å². The van der Waals surface area contributed by atoms with Crippen LogP contribution >= 0.6 is 0 Å². The van der Waals surface area contributed by atoms with Crippen molar-refractivity contribution in [3.8, 4) is 17.6 Å². The average molecular weight is 341 g/mol. The number of amides is 1. The Morgan fingerprint density at radius 1 is 1.28 bits per heavy atom. The molecular formula is C17H15N3O5. The Kier molecular flexibility index (Phi) is 5.53. The van der Waals surface area contributed by atoms with Crippen LogP contribution in [0.2, 0.25) is 0 Å². The smallest absolute Gasteiger partial charge is 0.273 e. The van der Waals surface area contributed by atoms with E-state index in [2.05, 4.69) is 5.32 Å². The summed E-state index contributed by atoms with van der Waals surface area (Å²) in [5.41, 5.74) is 0.644. The highest BCUT2D eigenvalue weighted by atomic mass is 16.6. The predicted octanol–water partition coefficient (Wildman–Crippen LogP) is 2.88. The number of ether oxygens (including phenoxy) is 2. The van der Waals surface area contributed by atoms with Gasteiger partial charge in [-0.2, -0.15) is 5.26 Å². The zero-order valence-corrected chi connectivity index (χ0v) is 13.6. The van der Waals surface area contributed by atoms with Gasteiger partial charge in [0.15, 0.2) is 6.10 Å². The van der Waals surface area contributed by atoms with Gasteiger partial charge in [0.2, 0.25) is 0 Å². The van der Waals surface area contributed by atoms with Crippen molar-refractivity contribution < 1.29 is 19.2 Å². The van der Waals surface area contributed by atoms with Gasteiger partial charge in [-0.1, -0.05) is 0 Å². The summed E-state index contributed by atoms with van der Waals surface area (Å²) in [6, 6.07) is 12.2. The Labute approximate surface area is 143 Å². The largest absolute Gasteiger partial charge is 0.494 e. The van der Waals surface area contributed by atoms with Crippen molar-refractivity contribution in [2.24, 2.45) is 0 Å². The van der Waals surface area contributed by atoms with Crippen molar-refractivity contribution in [2.45, 2.75) is 13.0 Å². The minimum Gasteiger partial charge on any atom is -0.494 e. The third kappa shape index (κ3) is 4.45. The number of anilines is 1. The van der Waals surface area contributed by atoms with Crippen LogP contribution in [0.4, 0.5) is 11.4 Å². The van der Waals surface area contributed by atoms with Crippen molar-refractivity contribution >= 4 is 17.3 Å². The summed E-state index contributed by atoms with van der Waals surface area (Å²) in [5, 5.41) is 22.1. The second-order valence-corrected chi connectivity index (χ2v) is 5.03. The normalized spacial score (nSPS) is 11.1. The van der Waals surface area contributed by atoms with Crippen LogP contribution in [0.1, 0.15) is 12.5 Å². The fraction of sp³-hybridized carbons (Fsp3) is 0.176. The summed E-state index contributed by atoms with van der Waals surface area (Å²) in [6.07, 6.45) is -0.826. The van der Waals surface area contributed by atoms with Gasteiger partial charge < -0.3 is 14.8 Å². The molecule has 1 N–H and O–H groups in total. The topological polar surface area (TPSA) is 114 Å². The van der Waals surface area contributed by atoms with E-state index in [1.54, 1.807) is 31.2 Å². The van der Waals surface area contributed by atoms with Crippen LogP contribution in [-0.4, -0.2) is 24.0 Å². The highest BCUT2D eigenvalue weighted by Gasteiger charge is 2.18. The first-order valence-corrected chi connectivity index (χ1v) is 7.24. The number of nitro groups is 1. The molecular weight excluding hydrogens is 326 g/mol. The van der Waals surface area contributed by atoms with Gasteiger partial charge in [0.25, 0.3) is 11.6 Å². The second kappa shape index (κ2) is 7.79. The number of rotatable bonds is 6. The number of hydrogen-bond acceptors (Lipinski definition) is 6. The number of nitrogens with zero attached hydrogens (tertiary/aromatic N) is 2. The van der Waals surface area contributed by atoms with E-state index in [9.17, 15) is 14.9 Å². The van der Waals surface area contributed by atoms with Crippen LogP contribution in [0.15, 0.2) is 42.5 Å². The molecule has 0 aliphatic heterocycles. The molecule has 0 aliphatic rings. The van der Waals surface area contributed by atoms with Gasteiger partial charge >= 0.3 is 0 Å². The third-order valence-electron chi connectivity index (χ3n) is 3.32. The van der Waals surface area contributed by atoms with Crippen LogP contribution in [0.3, 0.4) is 0 Å². The molecule has 1 atom stereocenters. The summed E-state index contributed by atoms with van der Waals surface area (Å²) in [7, 11) is 1.35. The van der Waals surface area contributed by atoms with E-state index < -0.39 is 16.9 Å². The Hall–Kier alpha value is -3.60. The highest BCUT2D eigenvalue weighted by molar-refractivity contribution is 5.95. The molecule has 0 radical (unpaired) electrons. The van der Waals surface area contributed by atoms with E-state index in [1.807, 2.05) is 6.07 Å². The van der Waals surface area contributed by atoms with E-state index in [0.29, 0.717) is 17.0 Å². The lowest BCUT2D eigenvalue weighted by Crippen LogP contribution is -2.30. The zero-order valence-electron chi connectivity index (χ0n) is 13.6. The Bertz CT molecular complexity index is 827. The fourth-order valence-corrected chi connectivity index (χ4v) is 2.00. The number of benzene rings is 2. The van der Waals surface area contributed by atoms with Crippen LogP contribution in [0.25, 0.3) is 0 Å². The maximum atomic E-state index is 12.2. The first-order chi connectivity index (χ1) is 11.9. The maximum absolute atomic E-state index is 12.2. The van der Waals surface area contributed by atoms with Crippen molar-refractivity contribution in [3.05, 3.63) is 58.1 Å². The molecule has 8 nitrogen and oxygen atoms in total. The summed E-state index contributed by atoms with van der Waals surface area (Å²) < 4.78 is 10.6. The molecule has 0 unspecified atom stereocenters. The Balaban J connectivity index is 2.07. The molecule has 0 heterocycles. The van der Waals surface area contributed by atoms with Gasteiger partial charge in [-0.05, 0) is 37.3 Å². The molecule has 2 rings (SSSR count). The van der Waals surface area contributed by atoms with Crippen molar-refractivity contribution in [1.29, 1.82) is 5.26 Å². The van der Waals surface area contributed by atoms with Gasteiger partial charge in [0.05, 0.1) is 35.4 Å². The maximum Gasteiger partial charge on any atom is 0.273 e. The quantitative estimate of drug-likeness (QED) is 0.638. The number of nitro benzene ring substituents is 1. The van der Waals surface area contributed by atoms with Crippen molar-refractivity contribution in [1.82, 2.24) is 0 Å². The average Bonchev–Trinajstić information content (AvgIpc) is 2.62. The minimum atomic E-state index is -0.826. The lowest BCUT2D eigenvalue weighted by atomic mass is 10.2. The SMILES string of the molecule is COc1cc([N+](=O)[O-])ccc1NC(=O)[C@@H](C)Oc1ccc(C#N)cc1. The zero-order chi connectivity index (χ0) is 18.4. The molecule has 0 saturated heterocycles. The number of methoxy groups -OCH3 is 1. The Morgan fingerprint density at radius 2 is 1.96 bits per heavy atom. The number of nitriles is 1. The molecule has 0 fully saturated rings. The lowest BCUT2D eigenvalue weighted by molar-refractivity contribution is -0.384. The monoisotopic (exact) mass is 341 g/mol. The van der Waals surface area contributed by atoms with Gasteiger partial charge in [-0.3, -0.25) is 14.9 Å². The van der Waals surface area contributed by atoms with Crippen LogP contribution in [0.5, 0.6) is 11.5 Å². The first-order valence-electron chi connectivity index (χ1n) is 7.24. The van der Waals surface area contributed by atoms with E-state index in [4.69, 9.17) is 14.7 Å². The van der Waals surface area contributed by atoms with Crippen molar-refractivity contribution in [3.63, 3.8) is 0 Å². The molecule has 0 saturated carbocycles. The van der Waals surface area contributed by atoms with Crippen LogP contribution in [0, 0.1) is 21.4 Å². The fourth-order valence-electron chi connectivity index (χ4n) is 2.00. The van der Waals surface area contributed by atoms with Crippen LogP contribution < -0.4 is 14.8 Å². The minimum absolute atomic E-state index is 0.142. The van der Waals surface area contributed by atoms with Gasteiger partial charge in [0.1, 0.15) is 11.5 Å². The molecule has 2 aromatic carbocycles. The molecule has 25 heavy (non-hydrogen) atoms. The molecule has 0 spiro atoms. The lowest BCUT2D eigenvalue weighted by Gasteiger charge is -2.16. The number of non-ortho nitro benzene ring substituents is 1. The van der Waals surface area contributed by atoms with E-state index in [0.717, 1.165) is 0 Å². The van der Waals surface area contributed by atoms with Gasteiger partial charge in [-0.25, -0.2) is 0 Å². The molecule has 0 aliphatic carbocycles. The summed E-state index contributed by atoms with van der Waals surface area (Å²) in [6.45, 7) is 1.56. The van der Waals surface area contributed by atoms with Crippen LogP contribution in [-0.2, 0) is 4.79 Å². The molecule has 2 aromatic rings. The molecule has 8 heteroatoms. The third-order valence-corrected chi connectivity index (χ3v) is 3.32. The molecule has 128 valence electrons. The van der Waals surface area contributed by atoms with E-state index >= 15 is 0 Å². The summed E-state index contributed by atoms with van der Waals surface area (Å²) >= 11 is 0. The standard InChI is InChI=1S/C17H15N3O5/c1-11(25-14-6-3-12(10-18)4-7-14)17(21)19-15-8-5-13(20(22)23)9-16(15)24-2/h3-9,11H,1-2H3,(H,19,21)/t11-/m1/s1. The van der Waals surface area contributed by atoms with E-state index in [-0.39, 0.29) is 11.4 Å². The Morgan fingerprint density at radius 3 is 2.52 bits per heavy atom. The number of nitrogens with one attached hydrogen (secondary N) is 1. The molecule has 1 amide bonds. The summed E-state index contributed by atoms with van der Waals surface area (Å²) in [4.78, 5) is 22.5.